The number of thiazole rings is 1. The fourth-order valence-corrected chi connectivity index (χ4v) is 8.57. The number of halogens is 2. The zero-order valence-corrected chi connectivity index (χ0v) is 25.7. The van der Waals surface area contributed by atoms with Crippen molar-refractivity contribution in [1.29, 1.82) is 0 Å². The highest BCUT2D eigenvalue weighted by Crippen LogP contribution is 2.54. The summed E-state index contributed by atoms with van der Waals surface area (Å²) in [6.07, 6.45) is 0. The van der Waals surface area contributed by atoms with Gasteiger partial charge in [0.05, 0.1) is 16.6 Å². The largest absolute Gasteiger partial charge is 0.483 e. The smallest absolute Gasteiger partial charge is 0.305 e. The first-order chi connectivity index (χ1) is 21.3. The van der Waals surface area contributed by atoms with Gasteiger partial charge in [0.1, 0.15) is 11.0 Å². The molecular formula is C32H21Cl2N3O5S2. The van der Waals surface area contributed by atoms with Crippen LogP contribution in [0, 0.1) is 5.92 Å². The van der Waals surface area contributed by atoms with Crippen LogP contribution in [0.4, 0.5) is 11.4 Å². The number of hydrogen-bond acceptors (Lipinski definition) is 7. The highest BCUT2D eigenvalue weighted by Gasteiger charge is 2.56. The van der Waals surface area contributed by atoms with Crippen LogP contribution in [0.15, 0.2) is 94.7 Å². The van der Waals surface area contributed by atoms with Gasteiger partial charge < -0.3 is 15.0 Å². The van der Waals surface area contributed by atoms with Crippen molar-refractivity contribution < 1.29 is 19.1 Å². The Labute approximate surface area is 268 Å². The predicted octanol–water partition coefficient (Wildman–Crippen LogP) is 6.71. The van der Waals surface area contributed by atoms with E-state index < -0.39 is 28.9 Å². The van der Waals surface area contributed by atoms with Gasteiger partial charge in [-0.1, -0.05) is 82.7 Å². The average molecular weight is 663 g/mol. The van der Waals surface area contributed by atoms with E-state index in [9.17, 15) is 19.2 Å². The van der Waals surface area contributed by atoms with Crippen LogP contribution in [0.3, 0.4) is 0 Å². The molecule has 2 unspecified atom stereocenters. The maximum Gasteiger partial charge on any atom is 0.305 e. The number of hydrogen-bond donors (Lipinski definition) is 2. The first kappa shape index (κ1) is 28.7. The molecule has 3 atom stereocenters. The normalized spacial score (nSPS) is 19.1. The van der Waals surface area contributed by atoms with Crippen molar-refractivity contribution in [3.63, 3.8) is 0 Å². The van der Waals surface area contributed by atoms with E-state index in [2.05, 4.69) is 10.3 Å². The summed E-state index contributed by atoms with van der Waals surface area (Å²) in [6, 6.07) is 24.7. The molecule has 5 aromatic rings. The van der Waals surface area contributed by atoms with E-state index in [1.54, 1.807) is 42.5 Å². The number of H-pyrrole nitrogens is 1. The fraction of sp³-hybridized carbons (Fsp3) is 0.125. The number of aromatic nitrogens is 1. The zero-order chi connectivity index (χ0) is 30.5. The molecule has 220 valence electrons. The fourth-order valence-electron chi connectivity index (χ4n) is 5.75. The highest BCUT2D eigenvalue weighted by atomic mass is 35.5. The molecule has 0 saturated carbocycles. The van der Waals surface area contributed by atoms with Gasteiger partial charge in [-0.05, 0) is 53.9 Å². The molecule has 8 nitrogen and oxygen atoms in total. The van der Waals surface area contributed by atoms with Crippen molar-refractivity contribution in [3.05, 3.63) is 115 Å². The molecule has 4 aromatic carbocycles. The van der Waals surface area contributed by atoms with Gasteiger partial charge in [-0.3, -0.25) is 19.2 Å². The van der Waals surface area contributed by atoms with Crippen LogP contribution >= 0.6 is 46.3 Å². The molecule has 3 amide bonds. The van der Waals surface area contributed by atoms with Crippen LogP contribution in [-0.2, 0) is 14.4 Å². The number of imide groups is 1. The van der Waals surface area contributed by atoms with E-state index in [4.69, 9.17) is 27.9 Å². The molecule has 1 aromatic heterocycles. The summed E-state index contributed by atoms with van der Waals surface area (Å²) >= 11 is 14.7. The van der Waals surface area contributed by atoms with Crippen LogP contribution in [0.2, 0.25) is 10.0 Å². The van der Waals surface area contributed by atoms with Crippen molar-refractivity contribution in [2.24, 2.45) is 5.92 Å². The van der Waals surface area contributed by atoms with Crippen molar-refractivity contribution in [3.8, 4) is 5.75 Å². The monoisotopic (exact) mass is 661 g/mol. The third kappa shape index (κ3) is 5.07. The van der Waals surface area contributed by atoms with E-state index in [0.29, 0.717) is 42.6 Å². The maximum absolute atomic E-state index is 14.0. The van der Waals surface area contributed by atoms with Gasteiger partial charge in [0.15, 0.2) is 6.61 Å². The van der Waals surface area contributed by atoms with E-state index in [1.165, 1.54) is 16.7 Å². The van der Waals surface area contributed by atoms with Crippen molar-refractivity contribution in [2.75, 3.05) is 16.8 Å². The first-order valence-electron chi connectivity index (χ1n) is 13.5. The maximum atomic E-state index is 14.0. The summed E-state index contributed by atoms with van der Waals surface area (Å²) in [5, 5.41) is 5.35. The Morgan fingerprint density at radius 3 is 2.48 bits per heavy atom. The van der Waals surface area contributed by atoms with Gasteiger partial charge in [0.25, 0.3) is 5.91 Å². The molecule has 0 spiro atoms. The second-order valence-electron chi connectivity index (χ2n) is 10.3. The Morgan fingerprint density at radius 1 is 0.909 bits per heavy atom. The van der Waals surface area contributed by atoms with Crippen molar-refractivity contribution in [2.45, 2.75) is 16.2 Å². The van der Waals surface area contributed by atoms with Crippen molar-refractivity contribution >= 4 is 86.2 Å². The molecule has 0 radical (unpaired) electrons. The molecule has 3 heterocycles. The molecule has 7 rings (SSSR count). The Kier molecular flexibility index (Phi) is 7.45. The average Bonchev–Trinajstić information content (AvgIpc) is 3.51. The quantitative estimate of drug-likeness (QED) is 0.196. The van der Waals surface area contributed by atoms with Gasteiger partial charge in [0.2, 0.25) is 11.8 Å². The number of carbonyl (C=O) groups is 3. The van der Waals surface area contributed by atoms with E-state index in [1.807, 2.05) is 42.5 Å². The van der Waals surface area contributed by atoms with E-state index in [0.717, 1.165) is 22.1 Å². The lowest BCUT2D eigenvalue weighted by molar-refractivity contribution is -0.122. The number of ether oxygens (including phenoxy) is 1. The number of nitrogens with zero attached hydrogens (tertiary/aromatic N) is 1. The lowest BCUT2D eigenvalue weighted by Crippen LogP contribution is -2.32. The molecule has 0 bridgehead atoms. The number of amides is 3. The summed E-state index contributed by atoms with van der Waals surface area (Å²) in [6.45, 7) is -0.326. The van der Waals surface area contributed by atoms with Crippen molar-refractivity contribution in [1.82, 2.24) is 4.98 Å². The number of carbonyl (C=O) groups excluding carboxylic acids is 3. The Hall–Kier alpha value is -4.09. The second-order valence-corrected chi connectivity index (χ2v) is 13.3. The number of fused-ring (bicyclic) bond motifs is 3. The minimum Gasteiger partial charge on any atom is -0.483 e. The van der Waals surface area contributed by atoms with Gasteiger partial charge >= 0.3 is 4.87 Å². The molecule has 2 aliphatic heterocycles. The van der Waals surface area contributed by atoms with Crippen LogP contribution in [0.1, 0.15) is 16.4 Å². The second kappa shape index (κ2) is 11.4. The lowest BCUT2D eigenvalue weighted by atomic mass is 9.82. The number of thioether (sulfide) groups is 1. The van der Waals surface area contributed by atoms with Crippen LogP contribution in [0.25, 0.3) is 10.8 Å². The molecule has 1 saturated heterocycles. The SMILES string of the molecule is O=C(COc1ccc(Cl)cc1[C@H]1c2sc(=O)[nH]c2SC2C(=O)N(c3ccc(Cl)cc3)C(=O)C21)Nc1cccc2ccccc12. The third-order valence-electron chi connectivity index (χ3n) is 7.64. The highest BCUT2D eigenvalue weighted by molar-refractivity contribution is 8.00. The Morgan fingerprint density at radius 2 is 1.66 bits per heavy atom. The Bertz CT molecular complexity index is 2020. The van der Waals surface area contributed by atoms with Crippen LogP contribution in [0.5, 0.6) is 5.75 Å². The zero-order valence-electron chi connectivity index (χ0n) is 22.6. The summed E-state index contributed by atoms with van der Waals surface area (Å²) in [5.74, 6) is -2.46. The summed E-state index contributed by atoms with van der Waals surface area (Å²) < 4.78 is 6.06. The molecule has 2 aliphatic rings. The first-order valence-corrected chi connectivity index (χ1v) is 16.0. The minimum absolute atomic E-state index is 0.305. The molecule has 44 heavy (non-hydrogen) atoms. The summed E-state index contributed by atoms with van der Waals surface area (Å²) in [4.78, 5) is 57.6. The van der Waals surface area contributed by atoms with Gasteiger partial charge in [-0.25, -0.2) is 4.90 Å². The molecule has 1 fully saturated rings. The van der Waals surface area contributed by atoms with Gasteiger partial charge in [-0.2, -0.15) is 0 Å². The summed E-state index contributed by atoms with van der Waals surface area (Å²) in [5.41, 5.74) is 1.56. The molecule has 12 heteroatoms. The molecule has 2 N–H and O–H groups in total. The van der Waals surface area contributed by atoms with Gasteiger partial charge in [0, 0.05) is 37.5 Å². The summed E-state index contributed by atoms with van der Waals surface area (Å²) in [7, 11) is 0. The van der Waals surface area contributed by atoms with Crippen LogP contribution in [-0.4, -0.2) is 34.6 Å². The molecular weight excluding hydrogens is 641 g/mol. The topological polar surface area (TPSA) is 109 Å². The molecule has 0 aliphatic carbocycles. The number of anilines is 2. The number of benzene rings is 4. The lowest BCUT2D eigenvalue weighted by Gasteiger charge is -2.31. The number of nitrogens with one attached hydrogen (secondary N) is 2. The number of aromatic amines is 1. The number of rotatable bonds is 6. The predicted molar refractivity (Wildman–Crippen MR) is 173 cm³/mol. The minimum atomic E-state index is -0.854. The van der Waals surface area contributed by atoms with E-state index >= 15 is 0 Å². The standard InChI is InChI=1S/C32H21Cl2N3O5S2/c33-17-8-11-19(12-9-17)37-30(39)26-25(27-29(36-32(41)44-27)43-28(26)31(37)40)21-14-18(34)10-13-23(21)42-15-24(38)35-22-7-3-5-16-4-1-2-6-20(16)22/h1-14,25-26,28H,15H2,(H,35,38)(H,36,41)/t25-,26?,28?/m1/s1. The van der Waals surface area contributed by atoms with E-state index in [-0.39, 0.29) is 17.4 Å². The third-order valence-corrected chi connectivity index (χ3v) is 10.5. The Balaban J connectivity index is 1.23. The van der Waals surface area contributed by atoms with Crippen LogP contribution < -0.4 is 19.8 Å². The van der Waals surface area contributed by atoms with Gasteiger partial charge in [-0.15, -0.1) is 0 Å².